The minimum absolute atomic E-state index is 0. The first-order chi connectivity index (χ1) is 13.2. The molecule has 1 saturated heterocycles. The lowest BCUT2D eigenvalue weighted by molar-refractivity contribution is -0.117. The molecule has 1 aliphatic rings. The second kappa shape index (κ2) is 11.3. The third-order valence-electron chi connectivity index (χ3n) is 4.60. The number of aliphatic imine (C=N–C) groups is 1. The first-order valence-corrected chi connectivity index (χ1v) is 9.62. The van der Waals surface area contributed by atoms with Gasteiger partial charge in [-0.1, -0.05) is 35.9 Å². The minimum Gasteiger partial charge on any atom is -0.356 e. The highest BCUT2D eigenvalue weighted by Gasteiger charge is 2.21. The SMILES string of the molecule is CN=C(NCCc1cccc(Cl)c1)NCc1ccc(N2CCCC2=O)cc1.I. The van der Waals surface area contributed by atoms with Crippen molar-refractivity contribution in [3.05, 3.63) is 64.7 Å². The molecule has 0 aromatic heterocycles. The molecule has 0 unspecified atom stereocenters. The van der Waals surface area contributed by atoms with Gasteiger partial charge in [-0.3, -0.25) is 9.79 Å². The highest BCUT2D eigenvalue weighted by molar-refractivity contribution is 14.0. The Morgan fingerprint density at radius 1 is 1.14 bits per heavy atom. The number of amides is 1. The first kappa shape index (κ1) is 22.5. The van der Waals surface area contributed by atoms with Gasteiger partial charge >= 0.3 is 0 Å². The van der Waals surface area contributed by atoms with E-state index < -0.39 is 0 Å². The van der Waals surface area contributed by atoms with E-state index in [1.165, 1.54) is 5.56 Å². The van der Waals surface area contributed by atoms with Gasteiger partial charge in [0.1, 0.15) is 0 Å². The van der Waals surface area contributed by atoms with Gasteiger partial charge in [-0.2, -0.15) is 0 Å². The van der Waals surface area contributed by atoms with Crippen molar-refractivity contribution in [2.45, 2.75) is 25.8 Å². The van der Waals surface area contributed by atoms with Crippen molar-refractivity contribution >= 4 is 53.1 Å². The summed E-state index contributed by atoms with van der Waals surface area (Å²) in [5.74, 6) is 0.973. The number of guanidine groups is 1. The highest BCUT2D eigenvalue weighted by atomic mass is 127. The van der Waals surface area contributed by atoms with Crippen LogP contribution in [0.15, 0.2) is 53.5 Å². The molecule has 5 nitrogen and oxygen atoms in total. The number of nitrogens with one attached hydrogen (secondary N) is 2. The van der Waals surface area contributed by atoms with E-state index in [0.717, 1.165) is 48.2 Å². The Morgan fingerprint density at radius 2 is 1.93 bits per heavy atom. The largest absolute Gasteiger partial charge is 0.356 e. The van der Waals surface area contributed by atoms with Crippen LogP contribution in [0.1, 0.15) is 24.0 Å². The van der Waals surface area contributed by atoms with Crippen LogP contribution in [-0.2, 0) is 17.8 Å². The number of carbonyl (C=O) groups excluding carboxylic acids is 1. The zero-order valence-electron chi connectivity index (χ0n) is 16.0. The van der Waals surface area contributed by atoms with Crippen LogP contribution in [-0.4, -0.2) is 32.0 Å². The monoisotopic (exact) mass is 512 g/mol. The van der Waals surface area contributed by atoms with Crippen LogP contribution < -0.4 is 15.5 Å². The van der Waals surface area contributed by atoms with Crippen molar-refractivity contribution < 1.29 is 4.79 Å². The summed E-state index contributed by atoms with van der Waals surface area (Å²) in [5.41, 5.74) is 3.31. The number of anilines is 1. The van der Waals surface area contributed by atoms with Crippen LogP contribution in [0.5, 0.6) is 0 Å². The van der Waals surface area contributed by atoms with E-state index in [4.69, 9.17) is 11.6 Å². The molecule has 0 saturated carbocycles. The van der Waals surface area contributed by atoms with Gasteiger partial charge in [-0.15, -0.1) is 24.0 Å². The fraction of sp³-hybridized carbons (Fsp3) is 0.333. The van der Waals surface area contributed by atoms with Crippen molar-refractivity contribution in [1.82, 2.24) is 10.6 Å². The molecule has 0 aliphatic carbocycles. The molecule has 0 radical (unpaired) electrons. The Morgan fingerprint density at radius 3 is 2.57 bits per heavy atom. The van der Waals surface area contributed by atoms with E-state index in [1.807, 2.05) is 47.4 Å². The molecule has 3 rings (SSSR count). The molecule has 2 aromatic carbocycles. The van der Waals surface area contributed by atoms with E-state index in [2.05, 4.69) is 21.7 Å². The Bertz CT molecular complexity index is 810. The van der Waals surface area contributed by atoms with Gasteiger partial charge in [0.25, 0.3) is 0 Å². The van der Waals surface area contributed by atoms with Crippen LogP contribution in [0.25, 0.3) is 0 Å². The predicted octanol–water partition coefficient (Wildman–Crippen LogP) is 3.99. The molecule has 0 atom stereocenters. The Hall–Kier alpha value is -1.80. The Labute approximate surface area is 188 Å². The summed E-state index contributed by atoms with van der Waals surface area (Å²) >= 11 is 6.01. The molecule has 2 aromatic rings. The smallest absolute Gasteiger partial charge is 0.227 e. The summed E-state index contributed by atoms with van der Waals surface area (Å²) in [6, 6.07) is 16.0. The maximum Gasteiger partial charge on any atom is 0.227 e. The highest BCUT2D eigenvalue weighted by Crippen LogP contribution is 2.21. The van der Waals surface area contributed by atoms with Gasteiger partial charge < -0.3 is 15.5 Å². The molecule has 150 valence electrons. The second-order valence-electron chi connectivity index (χ2n) is 6.55. The number of nitrogens with zero attached hydrogens (tertiary/aromatic N) is 2. The lowest BCUT2D eigenvalue weighted by atomic mass is 10.1. The van der Waals surface area contributed by atoms with Crippen LogP contribution in [0, 0.1) is 0 Å². The molecule has 2 N–H and O–H groups in total. The second-order valence-corrected chi connectivity index (χ2v) is 6.98. The third-order valence-corrected chi connectivity index (χ3v) is 4.84. The third kappa shape index (κ3) is 6.38. The number of rotatable bonds is 6. The molecule has 1 aliphatic heterocycles. The number of carbonyl (C=O) groups is 1. The first-order valence-electron chi connectivity index (χ1n) is 9.24. The molecular formula is C21H26ClIN4O. The van der Waals surface area contributed by atoms with Crippen LogP contribution >= 0.6 is 35.6 Å². The van der Waals surface area contributed by atoms with Crippen molar-refractivity contribution in [2.24, 2.45) is 4.99 Å². The van der Waals surface area contributed by atoms with Crippen molar-refractivity contribution in [3.63, 3.8) is 0 Å². The quantitative estimate of drug-likeness (QED) is 0.350. The normalized spacial score (nSPS) is 14.0. The lowest BCUT2D eigenvalue weighted by Gasteiger charge is -2.16. The topological polar surface area (TPSA) is 56.7 Å². The molecular weight excluding hydrogens is 487 g/mol. The average molecular weight is 513 g/mol. The van der Waals surface area contributed by atoms with Gasteiger partial charge in [-0.25, -0.2) is 0 Å². The van der Waals surface area contributed by atoms with E-state index in [9.17, 15) is 4.79 Å². The standard InChI is InChI=1S/C21H25ClN4O.HI/c1-23-21(24-12-11-16-4-2-5-18(22)14-16)25-15-17-7-9-19(10-8-17)26-13-3-6-20(26)27;/h2,4-5,7-10,14H,3,6,11-13,15H2,1H3,(H2,23,24,25);1H. The molecule has 1 fully saturated rings. The van der Waals surface area contributed by atoms with Gasteiger partial charge in [0.2, 0.25) is 5.91 Å². The van der Waals surface area contributed by atoms with Crippen molar-refractivity contribution in [3.8, 4) is 0 Å². The van der Waals surface area contributed by atoms with E-state index >= 15 is 0 Å². The van der Waals surface area contributed by atoms with Gasteiger partial charge in [0, 0.05) is 43.8 Å². The van der Waals surface area contributed by atoms with Crippen molar-refractivity contribution in [1.29, 1.82) is 0 Å². The van der Waals surface area contributed by atoms with Crippen LogP contribution in [0.3, 0.4) is 0 Å². The zero-order valence-corrected chi connectivity index (χ0v) is 19.0. The summed E-state index contributed by atoms with van der Waals surface area (Å²) in [4.78, 5) is 17.9. The molecule has 1 heterocycles. The van der Waals surface area contributed by atoms with Gasteiger partial charge in [0.05, 0.1) is 0 Å². The Kier molecular flexibility index (Phi) is 9.05. The van der Waals surface area contributed by atoms with Crippen LogP contribution in [0.2, 0.25) is 5.02 Å². The summed E-state index contributed by atoms with van der Waals surface area (Å²) in [6.45, 7) is 2.26. The zero-order chi connectivity index (χ0) is 19.1. The summed E-state index contributed by atoms with van der Waals surface area (Å²) < 4.78 is 0. The van der Waals surface area contributed by atoms with E-state index in [0.29, 0.717) is 13.0 Å². The maximum absolute atomic E-state index is 11.8. The molecule has 7 heteroatoms. The maximum atomic E-state index is 11.8. The fourth-order valence-electron chi connectivity index (χ4n) is 3.14. The molecule has 1 amide bonds. The van der Waals surface area contributed by atoms with Gasteiger partial charge in [0.15, 0.2) is 5.96 Å². The number of halogens is 2. The Balaban J connectivity index is 0.00000280. The number of benzene rings is 2. The summed E-state index contributed by atoms with van der Waals surface area (Å²) in [6.07, 6.45) is 2.47. The van der Waals surface area contributed by atoms with E-state index in [1.54, 1.807) is 7.05 Å². The summed E-state index contributed by atoms with van der Waals surface area (Å²) in [5, 5.41) is 7.38. The molecule has 0 spiro atoms. The fourth-order valence-corrected chi connectivity index (χ4v) is 3.35. The summed E-state index contributed by atoms with van der Waals surface area (Å²) in [7, 11) is 1.76. The average Bonchev–Trinajstić information content (AvgIpc) is 3.11. The molecule has 0 bridgehead atoms. The minimum atomic E-state index is 0. The predicted molar refractivity (Wildman–Crippen MR) is 127 cm³/mol. The molecule has 28 heavy (non-hydrogen) atoms. The van der Waals surface area contributed by atoms with E-state index in [-0.39, 0.29) is 29.9 Å². The van der Waals surface area contributed by atoms with Crippen molar-refractivity contribution in [2.75, 3.05) is 25.0 Å². The number of hydrogen-bond acceptors (Lipinski definition) is 2. The van der Waals surface area contributed by atoms with Gasteiger partial charge in [-0.05, 0) is 48.2 Å². The lowest BCUT2D eigenvalue weighted by Crippen LogP contribution is -2.37. The number of hydrogen-bond donors (Lipinski definition) is 2. The van der Waals surface area contributed by atoms with Crippen LogP contribution in [0.4, 0.5) is 5.69 Å².